The highest BCUT2D eigenvalue weighted by Crippen LogP contribution is 2.11. The van der Waals surface area contributed by atoms with Gasteiger partial charge in [-0.15, -0.1) is 0 Å². The lowest BCUT2D eigenvalue weighted by atomic mass is 10.0. The van der Waals surface area contributed by atoms with E-state index in [2.05, 4.69) is 29.6 Å². The molecular weight excluding hydrogens is 328 g/mol. The van der Waals surface area contributed by atoms with Gasteiger partial charge in [-0.3, -0.25) is 14.3 Å². The fourth-order valence-electron chi connectivity index (χ4n) is 2.59. The average Bonchev–Trinajstić information content (AvgIpc) is 2.98. The zero-order valence-corrected chi connectivity index (χ0v) is 16.1. The van der Waals surface area contributed by atoms with Crippen molar-refractivity contribution in [2.24, 2.45) is 11.8 Å². The van der Waals surface area contributed by atoms with E-state index in [1.807, 2.05) is 32.9 Å². The lowest BCUT2D eigenvalue weighted by Gasteiger charge is -2.21. The van der Waals surface area contributed by atoms with Gasteiger partial charge in [0.1, 0.15) is 6.04 Å². The molecule has 0 aliphatic carbocycles. The zero-order valence-electron chi connectivity index (χ0n) is 16.1. The molecule has 26 heavy (non-hydrogen) atoms. The van der Waals surface area contributed by atoms with Crippen LogP contribution in [-0.4, -0.2) is 27.6 Å². The van der Waals surface area contributed by atoms with Gasteiger partial charge in [0.2, 0.25) is 5.91 Å². The molecule has 0 aliphatic rings. The number of aromatic nitrogens is 2. The number of amides is 2. The smallest absolute Gasteiger partial charge is 0.251 e. The van der Waals surface area contributed by atoms with Gasteiger partial charge in [0, 0.05) is 18.3 Å². The number of nitrogens with one attached hydrogen (secondary N) is 2. The van der Waals surface area contributed by atoms with E-state index in [0.29, 0.717) is 17.2 Å². The van der Waals surface area contributed by atoms with Crippen molar-refractivity contribution in [3.63, 3.8) is 0 Å². The second kappa shape index (κ2) is 8.65. The molecule has 2 amide bonds. The number of carbonyl (C=O) groups is 2. The Morgan fingerprint density at radius 3 is 2.35 bits per heavy atom. The summed E-state index contributed by atoms with van der Waals surface area (Å²) in [6.45, 7) is 10.8. The minimum absolute atomic E-state index is 0.0462. The fourth-order valence-corrected chi connectivity index (χ4v) is 2.59. The summed E-state index contributed by atoms with van der Waals surface area (Å²) in [7, 11) is 0. The molecule has 0 bridgehead atoms. The Morgan fingerprint density at radius 1 is 1.12 bits per heavy atom. The normalized spacial score (nSPS) is 12.3. The molecule has 2 rings (SSSR count). The summed E-state index contributed by atoms with van der Waals surface area (Å²) < 4.78 is 1.80. The maximum Gasteiger partial charge on any atom is 0.251 e. The third kappa shape index (κ3) is 5.44. The molecule has 2 N–H and O–H groups in total. The van der Waals surface area contributed by atoms with Crippen LogP contribution in [-0.2, 0) is 11.3 Å². The zero-order chi connectivity index (χ0) is 19.3. The molecule has 0 saturated heterocycles. The van der Waals surface area contributed by atoms with E-state index in [-0.39, 0.29) is 17.7 Å². The molecule has 1 aromatic carbocycles. The van der Waals surface area contributed by atoms with Gasteiger partial charge in [-0.05, 0) is 30.9 Å². The first-order valence-corrected chi connectivity index (χ1v) is 8.97. The van der Waals surface area contributed by atoms with Crippen LogP contribution >= 0.6 is 0 Å². The second-order valence-corrected chi connectivity index (χ2v) is 7.40. The van der Waals surface area contributed by atoms with E-state index in [0.717, 1.165) is 12.1 Å². The van der Waals surface area contributed by atoms with Crippen LogP contribution < -0.4 is 10.6 Å². The van der Waals surface area contributed by atoms with E-state index in [1.54, 1.807) is 29.2 Å². The summed E-state index contributed by atoms with van der Waals surface area (Å²) in [5, 5.41) is 9.92. The number of rotatable bonds is 7. The van der Waals surface area contributed by atoms with Gasteiger partial charge in [-0.1, -0.05) is 45.4 Å². The molecule has 1 heterocycles. The quantitative estimate of drug-likeness (QED) is 0.800. The van der Waals surface area contributed by atoms with Crippen LogP contribution in [0.25, 0.3) is 0 Å². The second-order valence-electron chi connectivity index (χ2n) is 7.40. The van der Waals surface area contributed by atoms with Crippen LogP contribution in [0.5, 0.6) is 0 Å². The fraction of sp³-hybridized carbons (Fsp3) is 0.450. The maximum absolute atomic E-state index is 12.6. The molecule has 0 radical (unpaired) electrons. The summed E-state index contributed by atoms with van der Waals surface area (Å²) in [5.74, 6) is -0.0790. The molecule has 1 unspecified atom stereocenters. The van der Waals surface area contributed by atoms with E-state index < -0.39 is 6.04 Å². The van der Waals surface area contributed by atoms with Crippen molar-refractivity contribution in [2.75, 3.05) is 5.32 Å². The number of carbonyl (C=O) groups excluding carboxylic acids is 2. The Bertz CT molecular complexity index is 747. The van der Waals surface area contributed by atoms with Gasteiger partial charge >= 0.3 is 0 Å². The Morgan fingerprint density at radius 2 is 1.77 bits per heavy atom. The standard InChI is InChI=1S/C20H28N4O2/c1-13(2)11-24-12-17(10-21-24)22-20(26)18(14(3)4)23-19(25)16-8-6-15(5)7-9-16/h6-10,12-14,18H,11H2,1-5H3,(H,22,26)(H,23,25). The minimum atomic E-state index is -0.628. The Kier molecular flexibility index (Phi) is 6.55. The molecule has 1 aromatic heterocycles. The van der Waals surface area contributed by atoms with Crippen LogP contribution in [0.15, 0.2) is 36.7 Å². The summed E-state index contributed by atoms with van der Waals surface area (Å²) >= 11 is 0. The van der Waals surface area contributed by atoms with Gasteiger partial charge in [0.15, 0.2) is 0 Å². The predicted octanol–water partition coefficient (Wildman–Crippen LogP) is 3.24. The summed E-state index contributed by atoms with van der Waals surface area (Å²) in [6.07, 6.45) is 3.43. The minimum Gasteiger partial charge on any atom is -0.340 e. The molecule has 0 spiro atoms. The molecule has 6 nitrogen and oxygen atoms in total. The molecule has 0 fully saturated rings. The molecule has 0 saturated carbocycles. The van der Waals surface area contributed by atoms with Gasteiger partial charge in [0.05, 0.1) is 11.9 Å². The SMILES string of the molecule is Cc1ccc(C(=O)NC(C(=O)Nc2cnn(CC(C)C)c2)C(C)C)cc1. The van der Waals surface area contributed by atoms with Gasteiger partial charge in [-0.2, -0.15) is 5.10 Å². The van der Waals surface area contributed by atoms with Crippen LogP contribution in [0, 0.1) is 18.8 Å². The summed E-state index contributed by atoms with van der Waals surface area (Å²) in [5.41, 5.74) is 2.25. The first-order valence-electron chi connectivity index (χ1n) is 8.97. The maximum atomic E-state index is 12.6. The number of benzene rings is 1. The number of hydrogen-bond acceptors (Lipinski definition) is 3. The third-order valence-corrected chi connectivity index (χ3v) is 4.00. The average molecular weight is 356 g/mol. The summed E-state index contributed by atoms with van der Waals surface area (Å²) in [4.78, 5) is 25.1. The van der Waals surface area contributed by atoms with Crippen LogP contribution in [0.1, 0.15) is 43.6 Å². The van der Waals surface area contributed by atoms with E-state index in [9.17, 15) is 9.59 Å². The van der Waals surface area contributed by atoms with E-state index in [1.165, 1.54) is 0 Å². The molecule has 2 aromatic rings. The van der Waals surface area contributed by atoms with E-state index in [4.69, 9.17) is 0 Å². The van der Waals surface area contributed by atoms with Crippen molar-refractivity contribution in [3.8, 4) is 0 Å². The number of nitrogens with zero attached hydrogens (tertiary/aromatic N) is 2. The lowest BCUT2D eigenvalue weighted by molar-refractivity contribution is -0.118. The highest BCUT2D eigenvalue weighted by atomic mass is 16.2. The Hall–Kier alpha value is -2.63. The van der Waals surface area contributed by atoms with Gasteiger partial charge < -0.3 is 10.6 Å². The Balaban J connectivity index is 2.03. The summed E-state index contributed by atoms with van der Waals surface area (Å²) in [6, 6.07) is 6.65. The molecule has 6 heteroatoms. The Labute approximate surface area is 155 Å². The lowest BCUT2D eigenvalue weighted by Crippen LogP contribution is -2.47. The monoisotopic (exact) mass is 356 g/mol. The van der Waals surface area contributed by atoms with Crippen molar-refractivity contribution in [3.05, 3.63) is 47.8 Å². The number of hydrogen-bond donors (Lipinski definition) is 2. The molecule has 0 aliphatic heterocycles. The topological polar surface area (TPSA) is 76.0 Å². The largest absolute Gasteiger partial charge is 0.340 e. The van der Waals surface area contributed by atoms with Gasteiger partial charge in [-0.25, -0.2) is 0 Å². The van der Waals surface area contributed by atoms with Crippen molar-refractivity contribution in [1.82, 2.24) is 15.1 Å². The van der Waals surface area contributed by atoms with Crippen molar-refractivity contribution in [2.45, 2.75) is 47.2 Å². The van der Waals surface area contributed by atoms with Crippen LogP contribution in [0.3, 0.4) is 0 Å². The highest BCUT2D eigenvalue weighted by molar-refractivity contribution is 6.01. The van der Waals surface area contributed by atoms with Gasteiger partial charge in [0.25, 0.3) is 5.91 Å². The van der Waals surface area contributed by atoms with Crippen molar-refractivity contribution < 1.29 is 9.59 Å². The molecular formula is C20H28N4O2. The predicted molar refractivity (Wildman–Crippen MR) is 103 cm³/mol. The highest BCUT2D eigenvalue weighted by Gasteiger charge is 2.25. The number of aryl methyl sites for hydroxylation is 1. The van der Waals surface area contributed by atoms with Crippen LogP contribution in [0.4, 0.5) is 5.69 Å². The first kappa shape index (κ1) is 19.7. The first-order chi connectivity index (χ1) is 12.3. The third-order valence-electron chi connectivity index (χ3n) is 4.00. The molecule has 140 valence electrons. The van der Waals surface area contributed by atoms with E-state index >= 15 is 0 Å². The van der Waals surface area contributed by atoms with Crippen molar-refractivity contribution >= 4 is 17.5 Å². The molecule has 1 atom stereocenters. The van der Waals surface area contributed by atoms with Crippen LogP contribution in [0.2, 0.25) is 0 Å². The van der Waals surface area contributed by atoms with Crippen molar-refractivity contribution in [1.29, 1.82) is 0 Å². The number of anilines is 1.